The van der Waals surface area contributed by atoms with E-state index >= 15 is 0 Å². The minimum Gasteiger partial charge on any atom is -0.406 e. The number of carbonyl (C=O) groups excluding carboxylic acids is 1. The van der Waals surface area contributed by atoms with Crippen molar-refractivity contribution < 1.29 is 31.1 Å². The average molecular weight is 446 g/mol. The first kappa shape index (κ1) is 22.1. The third-order valence-electron chi connectivity index (χ3n) is 4.69. The van der Waals surface area contributed by atoms with Gasteiger partial charge in [-0.15, -0.1) is 13.2 Å². The number of piperidine rings is 1. The smallest absolute Gasteiger partial charge is 0.406 e. The molecule has 0 spiro atoms. The molecule has 1 aromatic carbocycles. The van der Waals surface area contributed by atoms with Crippen LogP contribution in [-0.4, -0.2) is 47.6 Å². The van der Waals surface area contributed by atoms with Crippen molar-refractivity contribution in [3.63, 3.8) is 0 Å². The lowest BCUT2D eigenvalue weighted by atomic mass is 9.99. The lowest BCUT2D eigenvalue weighted by molar-refractivity contribution is -0.274. The number of nitrogens with one attached hydrogen (secondary N) is 1. The standard InChI is InChI=1S/C18H21F3N4O4S/c1-2-24-11-16(22-12-24)30(27,28)25-9-3-4-13(10-25)17(26)23-14-5-7-15(8-6-14)29-18(19,20)21/h5-8,11-13H,2-4,9-10H2,1H3,(H,23,26). The molecule has 1 aliphatic heterocycles. The number of hydrogen-bond donors (Lipinski definition) is 1. The van der Waals surface area contributed by atoms with Crippen molar-refractivity contribution in [2.24, 2.45) is 5.92 Å². The number of anilines is 1. The number of ether oxygens (including phenoxy) is 1. The zero-order valence-electron chi connectivity index (χ0n) is 16.1. The summed E-state index contributed by atoms with van der Waals surface area (Å²) >= 11 is 0. The molecular weight excluding hydrogens is 425 g/mol. The molecule has 2 heterocycles. The van der Waals surface area contributed by atoms with E-state index in [4.69, 9.17) is 0 Å². The molecular formula is C18H21F3N4O4S. The van der Waals surface area contributed by atoms with E-state index in [9.17, 15) is 26.4 Å². The number of carbonyl (C=O) groups is 1. The molecule has 0 radical (unpaired) electrons. The van der Waals surface area contributed by atoms with E-state index in [0.29, 0.717) is 19.4 Å². The number of alkyl halides is 3. The van der Waals surface area contributed by atoms with Gasteiger partial charge in [0, 0.05) is 31.5 Å². The van der Waals surface area contributed by atoms with Crippen LogP contribution in [0.15, 0.2) is 41.8 Å². The monoisotopic (exact) mass is 446 g/mol. The molecule has 1 saturated heterocycles. The molecule has 164 valence electrons. The van der Waals surface area contributed by atoms with Crippen LogP contribution in [0.25, 0.3) is 0 Å². The summed E-state index contributed by atoms with van der Waals surface area (Å²) in [5.74, 6) is -1.40. The second kappa shape index (κ2) is 8.64. The summed E-state index contributed by atoms with van der Waals surface area (Å²) < 4.78 is 68.9. The first-order valence-electron chi connectivity index (χ1n) is 9.27. The number of imidazole rings is 1. The first-order chi connectivity index (χ1) is 14.1. The van der Waals surface area contributed by atoms with Crippen LogP contribution in [0, 0.1) is 5.92 Å². The van der Waals surface area contributed by atoms with Gasteiger partial charge < -0.3 is 14.6 Å². The van der Waals surface area contributed by atoms with Crippen molar-refractivity contribution in [1.82, 2.24) is 13.9 Å². The number of nitrogens with zero attached hydrogens (tertiary/aromatic N) is 3. The fourth-order valence-corrected chi connectivity index (χ4v) is 4.60. The molecule has 2 aromatic rings. The van der Waals surface area contributed by atoms with Crippen LogP contribution >= 0.6 is 0 Å². The van der Waals surface area contributed by atoms with Gasteiger partial charge in [0.2, 0.25) is 5.91 Å². The van der Waals surface area contributed by atoms with Gasteiger partial charge in [0.1, 0.15) is 5.75 Å². The molecule has 1 atom stereocenters. The van der Waals surface area contributed by atoms with Crippen molar-refractivity contribution in [2.75, 3.05) is 18.4 Å². The van der Waals surface area contributed by atoms with Crippen molar-refractivity contribution in [3.05, 3.63) is 36.8 Å². The summed E-state index contributed by atoms with van der Waals surface area (Å²) in [7, 11) is -3.82. The molecule has 1 aromatic heterocycles. The SMILES string of the molecule is CCn1cnc(S(=O)(=O)N2CCCC(C(=O)Nc3ccc(OC(F)(F)F)cc3)C2)c1. The van der Waals surface area contributed by atoms with Gasteiger partial charge in [0.05, 0.1) is 12.2 Å². The number of sulfonamides is 1. The number of benzene rings is 1. The summed E-state index contributed by atoms with van der Waals surface area (Å²) in [5.41, 5.74) is 0.288. The molecule has 1 amide bonds. The number of halogens is 3. The van der Waals surface area contributed by atoms with Crippen LogP contribution in [-0.2, 0) is 21.4 Å². The largest absolute Gasteiger partial charge is 0.573 e. The van der Waals surface area contributed by atoms with Crippen LogP contribution < -0.4 is 10.1 Å². The predicted molar refractivity (Wildman–Crippen MR) is 101 cm³/mol. The highest BCUT2D eigenvalue weighted by Gasteiger charge is 2.34. The van der Waals surface area contributed by atoms with E-state index in [-0.39, 0.29) is 23.8 Å². The highest BCUT2D eigenvalue weighted by Crippen LogP contribution is 2.26. The van der Waals surface area contributed by atoms with Crippen molar-refractivity contribution in [3.8, 4) is 5.75 Å². The Morgan fingerprint density at radius 2 is 2.00 bits per heavy atom. The Hall–Kier alpha value is -2.60. The Morgan fingerprint density at radius 1 is 1.30 bits per heavy atom. The Bertz CT molecular complexity index is 990. The molecule has 1 N–H and O–H groups in total. The fourth-order valence-electron chi connectivity index (χ4n) is 3.14. The van der Waals surface area contributed by atoms with Gasteiger partial charge in [0.15, 0.2) is 5.03 Å². The average Bonchev–Trinajstić information content (AvgIpc) is 3.19. The molecule has 1 unspecified atom stereocenters. The molecule has 8 nitrogen and oxygen atoms in total. The molecule has 0 saturated carbocycles. The number of rotatable bonds is 6. The van der Waals surface area contributed by atoms with E-state index in [0.717, 1.165) is 12.1 Å². The lowest BCUT2D eigenvalue weighted by Crippen LogP contribution is -2.43. The van der Waals surface area contributed by atoms with Gasteiger partial charge in [0.25, 0.3) is 10.0 Å². The van der Waals surface area contributed by atoms with Gasteiger partial charge >= 0.3 is 6.36 Å². The summed E-state index contributed by atoms with van der Waals surface area (Å²) in [6, 6.07) is 4.75. The molecule has 3 rings (SSSR count). The molecule has 1 fully saturated rings. The van der Waals surface area contributed by atoms with E-state index in [1.165, 1.54) is 29.0 Å². The van der Waals surface area contributed by atoms with Crippen LogP contribution in [0.5, 0.6) is 5.75 Å². The van der Waals surface area contributed by atoms with E-state index in [2.05, 4.69) is 15.0 Å². The highest BCUT2D eigenvalue weighted by atomic mass is 32.2. The van der Waals surface area contributed by atoms with Crippen LogP contribution in [0.1, 0.15) is 19.8 Å². The topological polar surface area (TPSA) is 93.5 Å². The minimum absolute atomic E-state index is 0.00240. The molecule has 30 heavy (non-hydrogen) atoms. The van der Waals surface area contributed by atoms with Gasteiger partial charge in [-0.05, 0) is 44.0 Å². The fraction of sp³-hybridized carbons (Fsp3) is 0.444. The van der Waals surface area contributed by atoms with Crippen molar-refractivity contribution in [1.29, 1.82) is 0 Å². The normalized spacial score (nSPS) is 18.2. The quantitative estimate of drug-likeness (QED) is 0.737. The zero-order valence-corrected chi connectivity index (χ0v) is 16.9. The number of aryl methyl sites for hydroxylation is 1. The lowest BCUT2D eigenvalue weighted by Gasteiger charge is -2.30. The second-order valence-corrected chi connectivity index (χ2v) is 8.69. The van der Waals surface area contributed by atoms with Crippen molar-refractivity contribution in [2.45, 2.75) is 37.7 Å². The molecule has 12 heteroatoms. The maximum atomic E-state index is 12.8. The number of amides is 1. The third-order valence-corrected chi connectivity index (χ3v) is 6.44. The van der Waals surface area contributed by atoms with Crippen LogP contribution in [0.2, 0.25) is 0 Å². The zero-order chi connectivity index (χ0) is 21.9. The summed E-state index contributed by atoms with van der Waals surface area (Å²) in [5, 5.41) is 2.55. The summed E-state index contributed by atoms with van der Waals surface area (Å²) in [6.07, 6.45) is -0.910. The molecule has 0 bridgehead atoms. The van der Waals surface area contributed by atoms with E-state index < -0.39 is 34.0 Å². The predicted octanol–water partition coefficient (Wildman–Crippen LogP) is 2.84. The van der Waals surface area contributed by atoms with Gasteiger partial charge in [-0.3, -0.25) is 4.79 Å². The van der Waals surface area contributed by atoms with Gasteiger partial charge in [-0.25, -0.2) is 13.4 Å². The first-order valence-corrected chi connectivity index (χ1v) is 10.7. The third kappa shape index (κ3) is 5.30. The van der Waals surface area contributed by atoms with E-state index in [1.54, 1.807) is 4.57 Å². The Kier molecular flexibility index (Phi) is 6.36. The molecule has 1 aliphatic rings. The molecule has 0 aliphatic carbocycles. The highest BCUT2D eigenvalue weighted by molar-refractivity contribution is 7.89. The van der Waals surface area contributed by atoms with E-state index in [1.807, 2.05) is 6.92 Å². The van der Waals surface area contributed by atoms with Gasteiger partial charge in [-0.1, -0.05) is 0 Å². The number of hydrogen-bond acceptors (Lipinski definition) is 5. The minimum atomic E-state index is -4.80. The van der Waals surface area contributed by atoms with Crippen LogP contribution in [0.3, 0.4) is 0 Å². The maximum absolute atomic E-state index is 12.8. The Labute approximate surface area is 171 Å². The number of aromatic nitrogens is 2. The summed E-state index contributed by atoms with van der Waals surface area (Å²) in [4.78, 5) is 16.5. The maximum Gasteiger partial charge on any atom is 0.573 e. The van der Waals surface area contributed by atoms with Gasteiger partial charge in [-0.2, -0.15) is 4.31 Å². The van der Waals surface area contributed by atoms with Crippen LogP contribution in [0.4, 0.5) is 18.9 Å². The van der Waals surface area contributed by atoms with Crippen molar-refractivity contribution >= 4 is 21.6 Å². The Balaban J connectivity index is 1.64. The summed E-state index contributed by atoms with van der Waals surface area (Å²) in [6.45, 7) is 2.73. The second-order valence-electron chi connectivity index (χ2n) is 6.81. The Morgan fingerprint density at radius 3 is 2.60 bits per heavy atom.